The number of halogens is 2. The number of nitrogens with one attached hydrogen (secondary N) is 2. The molecular formula is C38H60F2N4O2. The van der Waals surface area contributed by atoms with Crippen LogP contribution in [0.3, 0.4) is 0 Å². The zero-order valence-electron chi connectivity index (χ0n) is 29.2. The summed E-state index contributed by atoms with van der Waals surface area (Å²) in [7, 11) is 0. The van der Waals surface area contributed by atoms with E-state index in [4.69, 9.17) is 0 Å². The highest BCUT2D eigenvalue weighted by atomic mass is 19.1. The Morgan fingerprint density at radius 1 is 0.739 bits per heavy atom. The van der Waals surface area contributed by atoms with Crippen LogP contribution in [-0.2, 0) is 13.1 Å². The summed E-state index contributed by atoms with van der Waals surface area (Å²) < 4.78 is 28.1. The third-order valence-electron chi connectivity index (χ3n) is 10.2. The number of aromatic nitrogens is 2. The second-order valence-corrected chi connectivity index (χ2v) is 14.0. The fraction of sp³-hybridized carbons (Fsp3) is 0.684. The van der Waals surface area contributed by atoms with Crippen LogP contribution in [-0.4, -0.2) is 45.5 Å². The van der Waals surface area contributed by atoms with Crippen molar-refractivity contribution in [2.45, 2.75) is 130 Å². The fourth-order valence-electron chi connectivity index (χ4n) is 6.48. The average Bonchev–Trinajstić information content (AvgIpc) is 3.07. The second-order valence-electron chi connectivity index (χ2n) is 14.0. The summed E-state index contributed by atoms with van der Waals surface area (Å²) in [5.41, 5.74) is 4.06. The maximum Gasteiger partial charge on any atom is 0.146 e. The van der Waals surface area contributed by atoms with Crippen molar-refractivity contribution in [2.24, 2.45) is 23.7 Å². The molecule has 0 bridgehead atoms. The summed E-state index contributed by atoms with van der Waals surface area (Å²) in [4.78, 5) is 9.12. The Bertz CT molecular complexity index is 1210. The van der Waals surface area contributed by atoms with Crippen molar-refractivity contribution in [3.05, 3.63) is 64.8 Å². The van der Waals surface area contributed by atoms with E-state index in [-0.39, 0.29) is 36.9 Å². The van der Waals surface area contributed by atoms with E-state index < -0.39 is 0 Å². The lowest BCUT2D eigenvalue weighted by Gasteiger charge is -2.27. The van der Waals surface area contributed by atoms with Crippen LogP contribution in [0.5, 0.6) is 0 Å². The van der Waals surface area contributed by atoms with Crippen LogP contribution in [0.2, 0.25) is 0 Å². The predicted molar refractivity (Wildman–Crippen MR) is 184 cm³/mol. The lowest BCUT2D eigenvalue weighted by atomic mass is 9.79. The zero-order chi connectivity index (χ0) is 33.6. The summed E-state index contributed by atoms with van der Waals surface area (Å²) in [5, 5.41) is 25.2. The Morgan fingerprint density at radius 2 is 1.28 bits per heavy atom. The SMILES string of the molecule is CCC1CC=C(c2ccc(F)c(CN[C@@H](CO)C(C)C)n2)CC1.CCC1CCC(c2ccc(F)c(CN[C@@H](CO)C(C)C)n2)CC1. The molecule has 258 valence electrons. The van der Waals surface area contributed by atoms with Crippen molar-refractivity contribution in [1.82, 2.24) is 20.6 Å². The maximum absolute atomic E-state index is 14.0. The van der Waals surface area contributed by atoms with Crippen LogP contribution < -0.4 is 10.6 Å². The minimum atomic E-state index is -0.287. The molecule has 0 amide bonds. The van der Waals surface area contributed by atoms with Gasteiger partial charge < -0.3 is 20.8 Å². The molecule has 0 aliphatic heterocycles. The van der Waals surface area contributed by atoms with E-state index in [0.717, 1.165) is 48.9 Å². The Labute approximate surface area is 276 Å². The first-order chi connectivity index (χ1) is 22.1. The number of allylic oxidation sites excluding steroid dienone is 2. The monoisotopic (exact) mass is 642 g/mol. The molecule has 4 N–H and O–H groups in total. The molecule has 3 atom stereocenters. The summed E-state index contributed by atoms with van der Waals surface area (Å²) in [6.45, 7) is 13.5. The van der Waals surface area contributed by atoms with Gasteiger partial charge in [0.2, 0.25) is 0 Å². The minimum Gasteiger partial charge on any atom is -0.395 e. The van der Waals surface area contributed by atoms with E-state index in [1.54, 1.807) is 12.1 Å². The molecule has 0 radical (unpaired) electrons. The van der Waals surface area contributed by atoms with Gasteiger partial charge in [-0.25, -0.2) is 13.8 Å². The molecule has 0 aromatic carbocycles. The molecule has 1 fully saturated rings. The normalized spacial score (nSPS) is 21.5. The number of aliphatic hydroxyl groups excluding tert-OH is 2. The molecule has 4 rings (SSSR count). The first-order valence-electron chi connectivity index (χ1n) is 17.8. The topological polar surface area (TPSA) is 90.3 Å². The molecule has 0 spiro atoms. The number of pyridine rings is 2. The Hall–Kier alpha value is -2.26. The van der Waals surface area contributed by atoms with Gasteiger partial charge in [-0.3, -0.25) is 4.98 Å². The van der Waals surface area contributed by atoms with Crippen LogP contribution in [0, 0.1) is 35.3 Å². The maximum atomic E-state index is 14.0. The largest absolute Gasteiger partial charge is 0.395 e. The first kappa shape index (κ1) is 38.2. The van der Waals surface area contributed by atoms with Gasteiger partial charge in [0, 0.05) is 36.8 Å². The van der Waals surface area contributed by atoms with Gasteiger partial charge in [-0.15, -0.1) is 0 Å². The van der Waals surface area contributed by atoms with Crippen LogP contribution in [0.1, 0.15) is 128 Å². The first-order valence-corrected chi connectivity index (χ1v) is 17.8. The predicted octanol–water partition coefficient (Wildman–Crippen LogP) is 7.93. The molecule has 2 aliphatic rings. The Balaban J connectivity index is 0.000000250. The van der Waals surface area contributed by atoms with E-state index in [9.17, 15) is 19.0 Å². The zero-order valence-corrected chi connectivity index (χ0v) is 29.2. The van der Waals surface area contributed by atoms with Crippen molar-refractivity contribution >= 4 is 5.57 Å². The lowest BCUT2D eigenvalue weighted by molar-refractivity contribution is 0.209. The molecule has 2 aliphatic carbocycles. The van der Waals surface area contributed by atoms with Gasteiger partial charge in [-0.1, -0.05) is 60.5 Å². The van der Waals surface area contributed by atoms with Gasteiger partial charge in [0.05, 0.1) is 30.3 Å². The number of aliphatic hydroxyl groups is 2. The third kappa shape index (κ3) is 11.5. The van der Waals surface area contributed by atoms with Gasteiger partial charge in [0.25, 0.3) is 0 Å². The molecule has 2 aromatic rings. The molecule has 1 unspecified atom stereocenters. The summed E-state index contributed by atoms with van der Waals surface area (Å²) in [6.07, 6.45) is 12.9. The molecule has 46 heavy (non-hydrogen) atoms. The summed E-state index contributed by atoms with van der Waals surface area (Å²) in [6, 6.07) is 6.62. The van der Waals surface area contributed by atoms with Gasteiger partial charge in [0.15, 0.2) is 0 Å². The Morgan fingerprint density at radius 3 is 1.76 bits per heavy atom. The highest BCUT2D eigenvalue weighted by molar-refractivity contribution is 5.63. The standard InChI is InChI=1S/C19H31FN2O.C19H29FN2O/c2*1-4-14-5-7-15(8-6-14)17-10-9-16(20)18(22-17)11-21-19(12-23)13(2)3/h9-10,13-15,19,21,23H,4-8,11-12H2,1-3H3;7,9-10,13-14,19,21,23H,4-6,8,11-12H2,1-3H3/t14?,15?,19-;14?,19-/m00/s1. The van der Waals surface area contributed by atoms with E-state index >= 15 is 0 Å². The van der Waals surface area contributed by atoms with Crippen molar-refractivity contribution < 1.29 is 19.0 Å². The average molecular weight is 643 g/mol. The van der Waals surface area contributed by atoms with Crippen LogP contribution in [0.25, 0.3) is 5.57 Å². The Kier molecular flexibility index (Phi) is 16.2. The van der Waals surface area contributed by atoms with Gasteiger partial charge in [-0.05, 0) is 98.5 Å². The number of hydrogen-bond donors (Lipinski definition) is 4. The molecule has 1 saturated carbocycles. The highest BCUT2D eigenvalue weighted by Crippen LogP contribution is 2.36. The second kappa shape index (κ2) is 19.5. The van der Waals surface area contributed by atoms with E-state index in [1.807, 2.05) is 33.8 Å². The molecule has 2 heterocycles. The van der Waals surface area contributed by atoms with Crippen molar-refractivity contribution in [1.29, 1.82) is 0 Å². The minimum absolute atomic E-state index is 0.0279. The summed E-state index contributed by atoms with van der Waals surface area (Å²) >= 11 is 0. The van der Waals surface area contributed by atoms with E-state index in [0.29, 0.717) is 42.2 Å². The number of hydrogen-bond acceptors (Lipinski definition) is 6. The van der Waals surface area contributed by atoms with Crippen molar-refractivity contribution in [2.75, 3.05) is 13.2 Å². The van der Waals surface area contributed by atoms with Gasteiger partial charge >= 0.3 is 0 Å². The smallest absolute Gasteiger partial charge is 0.146 e. The van der Waals surface area contributed by atoms with Crippen LogP contribution >= 0.6 is 0 Å². The highest BCUT2D eigenvalue weighted by Gasteiger charge is 2.23. The molecule has 8 heteroatoms. The van der Waals surface area contributed by atoms with Crippen LogP contribution in [0.4, 0.5) is 8.78 Å². The quantitative estimate of drug-likeness (QED) is 0.167. The third-order valence-corrected chi connectivity index (χ3v) is 10.2. The molecule has 6 nitrogen and oxygen atoms in total. The molecule has 2 aromatic heterocycles. The number of nitrogens with zero attached hydrogens (tertiary/aromatic N) is 2. The number of rotatable bonds is 14. The van der Waals surface area contributed by atoms with Crippen molar-refractivity contribution in [3.8, 4) is 0 Å². The summed E-state index contributed by atoms with van der Waals surface area (Å²) in [5.74, 6) is 2.14. The van der Waals surface area contributed by atoms with E-state index in [1.165, 1.54) is 43.7 Å². The van der Waals surface area contributed by atoms with Crippen LogP contribution in [0.15, 0.2) is 30.3 Å². The fourth-order valence-corrected chi connectivity index (χ4v) is 6.48. The van der Waals surface area contributed by atoms with Gasteiger partial charge in [-0.2, -0.15) is 0 Å². The van der Waals surface area contributed by atoms with Crippen molar-refractivity contribution in [3.63, 3.8) is 0 Å². The molecular weight excluding hydrogens is 582 g/mol. The lowest BCUT2D eigenvalue weighted by Crippen LogP contribution is -2.37. The van der Waals surface area contributed by atoms with E-state index in [2.05, 4.69) is 40.5 Å². The van der Waals surface area contributed by atoms with Gasteiger partial charge in [0.1, 0.15) is 11.6 Å². The molecule has 0 saturated heterocycles.